The highest BCUT2D eigenvalue weighted by atomic mass is 32.2. The predicted molar refractivity (Wildman–Crippen MR) is 74.5 cm³/mol. The van der Waals surface area contributed by atoms with Gasteiger partial charge >= 0.3 is 0 Å². The fourth-order valence-corrected chi connectivity index (χ4v) is 3.68. The van der Waals surface area contributed by atoms with Crippen LogP contribution in [0.4, 0.5) is 10.1 Å². The van der Waals surface area contributed by atoms with Gasteiger partial charge < -0.3 is 10.5 Å². The number of rotatable bonds is 5. The molecular weight excluding hydrogens is 283 g/mol. The second kappa shape index (κ2) is 5.21. The lowest BCUT2D eigenvalue weighted by Gasteiger charge is -2.24. The highest BCUT2D eigenvalue weighted by molar-refractivity contribution is 7.89. The first-order valence-electron chi connectivity index (χ1n) is 6.40. The van der Waals surface area contributed by atoms with Crippen molar-refractivity contribution in [2.24, 2.45) is 5.92 Å². The second-order valence-corrected chi connectivity index (χ2v) is 7.12. The molecule has 112 valence electrons. The van der Waals surface area contributed by atoms with E-state index in [-0.39, 0.29) is 22.4 Å². The first-order valence-corrected chi connectivity index (χ1v) is 7.84. The fraction of sp³-hybridized carbons (Fsp3) is 0.538. The molecule has 1 saturated carbocycles. The predicted octanol–water partition coefficient (Wildman–Crippen LogP) is 1.84. The molecule has 1 aromatic carbocycles. The molecule has 0 amide bonds. The molecule has 0 saturated heterocycles. The molecule has 1 aliphatic rings. The molecule has 5 nitrogen and oxygen atoms in total. The average molecular weight is 302 g/mol. The third-order valence-corrected chi connectivity index (χ3v) is 5.73. The Morgan fingerprint density at radius 2 is 2.05 bits per heavy atom. The van der Waals surface area contributed by atoms with Crippen LogP contribution in [0.2, 0.25) is 0 Å². The van der Waals surface area contributed by atoms with Gasteiger partial charge in [-0.05, 0) is 37.8 Å². The van der Waals surface area contributed by atoms with Gasteiger partial charge in [-0.2, -0.15) is 4.31 Å². The summed E-state index contributed by atoms with van der Waals surface area (Å²) in [5.74, 6) is -0.532. The van der Waals surface area contributed by atoms with Gasteiger partial charge in [-0.3, -0.25) is 0 Å². The molecule has 1 atom stereocenters. The molecule has 0 aliphatic heterocycles. The third-order valence-electron chi connectivity index (χ3n) is 3.80. The number of ether oxygens (including phenoxy) is 1. The summed E-state index contributed by atoms with van der Waals surface area (Å²) in [4.78, 5) is -0.150. The normalized spacial score (nSPS) is 17.2. The molecule has 2 N–H and O–H groups in total. The number of sulfonamides is 1. The zero-order chi connectivity index (χ0) is 15.1. The number of methoxy groups -OCH3 is 1. The Morgan fingerprint density at radius 3 is 2.50 bits per heavy atom. The Hall–Kier alpha value is -1.34. The summed E-state index contributed by atoms with van der Waals surface area (Å²) in [5, 5.41) is 0. The van der Waals surface area contributed by atoms with E-state index in [4.69, 9.17) is 10.5 Å². The SMILES string of the molecule is COc1c(N)cc(S(=O)(=O)N(C)C(C)C2CC2)cc1F. The van der Waals surface area contributed by atoms with Crippen molar-refractivity contribution in [3.63, 3.8) is 0 Å². The molecule has 7 heteroatoms. The van der Waals surface area contributed by atoms with Crippen LogP contribution in [0.5, 0.6) is 5.75 Å². The van der Waals surface area contributed by atoms with E-state index in [1.165, 1.54) is 24.5 Å². The van der Waals surface area contributed by atoms with Crippen LogP contribution in [0.25, 0.3) is 0 Å². The first-order chi connectivity index (χ1) is 9.28. The summed E-state index contributed by atoms with van der Waals surface area (Å²) >= 11 is 0. The number of nitrogens with two attached hydrogens (primary N) is 1. The van der Waals surface area contributed by atoms with Crippen LogP contribution in [0, 0.1) is 11.7 Å². The minimum atomic E-state index is -3.76. The Balaban J connectivity index is 2.38. The molecule has 1 fully saturated rings. The van der Waals surface area contributed by atoms with Gasteiger partial charge in [-0.1, -0.05) is 0 Å². The minimum Gasteiger partial charge on any atom is -0.492 e. The molecular formula is C13H19FN2O3S. The van der Waals surface area contributed by atoms with Crippen molar-refractivity contribution in [1.82, 2.24) is 4.31 Å². The Bertz CT molecular complexity index is 591. The second-order valence-electron chi connectivity index (χ2n) is 5.13. The van der Waals surface area contributed by atoms with Crippen LogP contribution in [0.1, 0.15) is 19.8 Å². The molecule has 0 bridgehead atoms. The molecule has 2 rings (SSSR count). The Labute approximate surface area is 118 Å². The molecule has 1 aliphatic carbocycles. The Kier molecular flexibility index (Phi) is 3.93. The van der Waals surface area contributed by atoms with Crippen molar-refractivity contribution in [3.8, 4) is 5.75 Å². The molecule has 20 heavy (non-hydrogen) atoms. The standard InChI is InChI=1S/C13H19FN2O3S/c1-8(9-4-5-9)16(2)20(17,18)10-6-11(14)13(19-3)12(15)7-10/h6-9H,4-5,15H2,1-3H3. The molecule has 0 spiro atoms. The van der Waals surface area contributed by atoms with Crippen LogP contribution < -0.4 is 10.5 Å². The van der Waals surface area contributed by atoms with Gasteiger partial charge in [-0.15, -0.1) is 0 Å². The number of hydrogen-bond acceptors (Lipinski definition) is 4. The Morgan fingerprint density at radius 1 is 1.45 bits per heavy atom. The van der Waals surface area contributed by atoms with E-state index in [0.29, 0.717) is 5.92 Å². The summed E-state index contributed by atoms with van der Waals surface area (Å²) in [5.41, 5.74) is 5.60. The van der Waals surface area contributed by atoms with E-state index >= 15 is 0 Å². The maximum atomic E-state index is 13.8. The zero-order valence-electron chi connectivity index (χ0n) is 11.8. The topological polar surface area (TPSA) is 72.6 Å². The van der Waals surface area contributed by atoms with Crippen LogP contribution in [0.3, 0.4) is 0 Å². The summed E-state index contributed by atoms with van der Waals surface area (Å²) in [6.45, 7) is 1.86. The third kappa shape index (κ3) is 2.60. The molecule has 0 heterocycles. The highest BCUT2D eigenvalue weighted by Crippen LogP contribution is 2.37. The fourth-order valence-electron chi connectivity index (χ4n) is 2.21. The molecule has 0 aromatic heterocycles. The van der Waals surface area contributed by atoms with Crippen molar-refractivity contribution in [1.29, 1.82) is 0 Å². The van der Waals surface area contributed by atoms with E-state index < -0.39 is 15.8 Å². The summed E-state index contributed by atoms with van der Waals surface area (Å²) in [6, 6.07) is 2.07. The van der Waals surface area contributed by atoms with Crippen molar-refractivity contribution in [2.75, 3.05) is 19.9 Å². The maximum Gasteiger partial charge on any atom is 0.243 e. The van der Waals surface area contributed by atoms with Crippen molar-refractivity contribution >= 4 is 15.7 Å². The zero-order valence-corrected chi connectivity index (χ0v) is 12.6. The van der Waals surface area contributed by atoms with Gasteiger partial charge in [0.15, 0.2) is 11.6 Å². The first kappa shape index (κ1) is 15.1. The largest absolute Gasteiger partial charge is 0.492 e. The van der Waals surface area contributed by atoms with Crippen molar-refractivity contribution in [2.45, 2.75) is 30.7 Å². The number of nitrogens with zero attached hydrogens (tertiary/aromatic N) is 1. The van der Waals surface area contributed by atoms with E-state index in [9.17, 15) is 12.8 Å². The lowest BCUT2D eigenvalue weighted by Crippen LogP contribution is -2.36. The molecule has 1 aromatic rings. The van der Waals surface area contributed by atoms with Crippen molar-refractivity contribution in [3.05, 3.63) is 17.9 Å². The van der Waals surface area contributed by atoms with E-state index in [1.54, 1.807) is 0 Å². The summed E-state index contributed by atoms with van der Waals surface area (Å²) in [7, 11) is -0.963. The average Bonchev–Trinajstić information content (AvgIpc) is 3.20. The highest BCUT2D eigenvalue weighted by Gasteiger charge is 2.36. The van der Waals surface area contributed by atoms with Gasteiger partial charge in [0.05, 0.1) is 17.7 Å². The lowest BCUT2D eigenvalue weighted by molar-refractivity contribution is 0.356. The maximum absolute atomic E-state index is 13.8. The van der Waals surface area contributed by atoms with E-state index in [0.717, 1.165) is 18.9 Å². The smallest absolute Gasteiger partial charge is 0.243 e. The van der Waals surface area contributed by atoms with Gasteiger partial charge in [-0.25, -0.2) is 12.8 Å². The number of benzene rings is 1. The van der Waals surface area contributed by atoms with Gasteiger partial charge in [0, 0.05) is 13.1 Å². The van der Waals surface area contributed by atoms with Gasteiger partial charge in [0.2, 0.25) is 10.0 Å². The number of halogens is 1. The quantitative estimate of drug-likeness (QED) is 0.842. The summed E-state index contributed by atoms with van der Waals surface area (Å²) in [6.07, 6.45) is 2.06. The van der Waals surface area contributed by atoms with E-state index in [2.05, 4.69) is 0 Å². The van der Waals surface area contributed by atoms with Crippen molar-refractivity contribution < 1.29 is 17.5 Å². The van der Waals surface area contributed by atoms with Gasteiger partial charge in [0.25, 0.3) is 0 Å². The molecule has 0 radical (unpaired) electrons. The summed E-state index contributed by atoms with van der Waals surface area (Å²) < 4.78 is 44.8. The monoisotopic (exact) mass is 302 g/mol. The number of nitrogen functional groups attached to an aromatic ring is 1. The number of hydrogen-bond donors (Lipinski definition) is 1. The van der Waals surface area contributed by atoms with Gasteiger partial charge in [0.1, 0.15) is 0 Å². The number of anilines is 1. The van der Waals surface area contributed by atoms with Crippen LogP contribution in [0.15, 0.2) is 17.0 Å². The molecule has 1 unspecified atom stereocenters. The lowest BCUT2D eigenvalue weighted by atomic mass is 10.2. The van der Waals surface area contributed by atoms with Crippen LogP contribution in [-0.2, 0) is 10.0 Å². The van der Waals surface area contributed by atoms with E-state index in [1.807, 2.05) is 6.92 Å². The van der Waals surface area contributed by atoms with Crippen LogP contribution in [-0.4, -0.2) is 32.9 Å². The van der Waals surface area contributed by atoms with Crippen LogP contribution >= 0.6 is 0 Å². The minimum absolute atomic E-state index is 0.0291.